The number of hydrogen-bond acceptors (Lipinski definition) is 3. The molecule has 21 heavy (non-hydrogen) atoms. The fourth-order valence-electron chi connectivity index (χ4n) is 5.65. The van der Waals surface area contributed by atoms with Crippen LogP contribution < -0.4 is 16.4 Å². The van der Waals surface area contributed by atoms with Crippen molar-refractivity contribution in [3.05, 3.63) is 0 Å². The molecular weight excluding hydrogens is 266 g/mol. The monoisotopic (exact) mass is 291 g/mol. The molecule has 4 N–H and O–H groups in total. The van der Waals surface area contributed by atoms with Crippen molar-refractivity contribution in [2.24, 2.45) is 34.8 Å². The van der Waals surface area contributed by atoms with Crippen molar-refractivity contribution in [3.63, 3.8) is 0 Å². The van der Waals surface area contributed by atoms with Gasteiger partial charge in [0.2, 0.25) is 11.8 Å². The number of nitrogens with two attached hydrogens (primary N) is 1. The smallest absolute Gasteiger partial charge is 0.224 e. The molecule has 0 aromatic rings. The van der Waals surface area contributed by atoms with Crippen molar-refractivity contribution in [2.45, 2.75) is 44.6 Å². The first-order valence-electron chi connectivity index (χ1n) is 8.44. The minimum atomic E-state index is -0.251. The number of nitrogens with one attached hydrogen (secondary N) is 2. The lowest BCUT2D eigenvalue weighted by Crippen LogP contribution is -2.49. The molecule has 3 aliphatic carbocycles. The van der Waals surface area contributed by atoms with Crippen LogP contribution in [0.25, 0.3) is 0 Å². The van der Waals surface area contributed by atoms with Gasteiger partial charge >= 0.3 is 0 Å². The van der Waals surface area contributed by atoms with Crippen LogP contribution in [-0.2, 0) is 9.59 Å². The number of carbonyl (C=O) groups is 2. The Bertz CT molecular complexity index is 468. The summed E-state index contributed by atoms with van der Waals surface area (Å²) < 4.78 is 0. The third-order valence-electron chi connectivity index (χ3n) is 6.66. The van der Waals surface area contributed by atoms with E-state index in [1.54, 1.807) is 0 Å². The van der Waals surface area contributed by atoms with E-state index in [4.69, 9.17) is 5.73 Å². The first-order valence-corrected chi connectivity index (χ1v) is 8.44. The number of rotatable bonds is 3. The molecule has 0 aromatic carbocycles. The van der Waals surface area contributed by atoms with Crippen molar-refractivity contribution in [1.29, 1.82) is 0 Å². The molecule has 3 saturated carbocycles. The second kappa shape index (κ2) is 4.70. The van der Waals surface area contributed by atoms with Gasteiger partial charge < -0.3 is 16.4 Å². The van der Waals surface area contributed by atoms with Gasteiger partial charge in [0, 0.05) is 6.04 Å². The van der Waals surface area contributed by atoms with Crippen LogP contribution in [-0.4, -0.2) is 30.9 Å². The topological polar surface area (TPSA) is 84.2 Å². The summed E-state index contributed by atoms with van der Waals surface area (Å²) >= 11 is 0. The first-order chi connectivity index (χ1) is 10.1. The molecule has 116 valence electrons. The van der Waals surface area contributed by atoms with Gasteiger partial charge in [0.25, 0.3) is 0 Å². The Morgan fingerprint density at radius 3 is 2.19 bits per heavy atom. The summed E-state index contributed by atoms with van der Waals surface area (Å²) in [5.74, 6) is 0.264. The fraction of sp³-hybridized carbons (Fsp3) is 0.875. The van der Waals surface area contributed by atoms with Crippen molar-refractivity contribution in [1.82, 2.24) is 10.6 Å². The zero-order valence-corrected chi connectivity index (χ0v) is 12.4. The van der Waals surface area contributed by atoms with Gasteiger partial charge in [-0.05, 0) is 68.9 Å². The normalized spacial score (nSPS) is 40.4. The maximum absolute atomic E-state index is 12.8. The van der Waals surface area contributed by atoms with Crippen molar-refractivity contribution < 1.29 is 9.59 Å². The number of primary amides is 1. The maximum Gasteiger partial charge on any atom is 0.224 e. The zero-order chi connectivity index (χ0) is 14.6. The van der Waals surface area contributed by atoms with Gasteiger partial charge in [-0.3, -0.25) is 9.59 Å². The average Bonchev–Trinajstić information content (AvgIpc) is 3.13. The van der Waals surface area contributed by atoms with Gasteiger partial charge in [0.05, 0.1) is 11.8 Å². The Balaban J connectivity index is 1.52. The molecule has 4 rings (SSSR count). The molecule has 4 unspecified atom stereocenters. The van der Waals surface area contributed by atoms with Crippen LogP contribution in [0.4, 0.5) is 0 Å². The molecule has 5 heteroatoms. The molecule has 1 heterocycles. The van der Waals surface area contributed by atoms with Crippen molar-refractivity contribution in [3.8, 4) is 0 Å². The minimum absolute atomic E-state index is 0.101. The summed E-state index contributed by atoms with van der Waals surface area (Å²) in [5.41, 5.74) is 5.97. The Morgan fingerprint density at radius 1 is 1.00 bits per heavy atom. The average molecular weight is 291 g/mol. The Kier molecular flexibility index (Phi) is 3.03. The second-order valence-corrected chi connectivity index (χ2v) is 7.51. The summed E-state index contributed by atoms with van der Waals surface area (Å²) in [4.78, 5) is 24.7. The molecule has 2 amide bonds. The van der Waals surface area contributed by atoms with Crippen LogP contribution in [0.5, 0.6) is 0 Å². The Labute approximate surface area is 125 Å². The molecule has 4 atom stereocenters. The molecule has 4 fully saturated rings. The third kappa shape index (κ3) is 1.93. The molecule has 5 nitrogen and oxygen atoms in total. The Hall–Kier alpha value is -1.10. The van der Waals surface area contributed by atoms with E-state index in [0.29, 0.717) is 17.3 Å². The summed E-state index contributed by atoms with van der Waals surface area (Å²) in [6.07, 6.45) is 6.57. The van der Waals surface area contributed by atoms with E-state index in [-0.39, 0.29) is 29.7 Å². The van der Waals surface area contributed by atoms with Gasteiger partial charge in [-0.15, -0.1) is 0 Å². The lowest BCUT2D eigenvalue weighted by Gasteiger charge is -2.31. The van der Waals surface area contributed by atoms with Gasteiger partial charge in [-0.25, -0.2) is 0 Å². The quantitative estimate of drug-likeness (QED) is 0.703. The molecule has 2 bridgehead atoms. The minimum Gasteiger partial charge on any atom is -0.369 e. The standard InChI is InChI=1S/C16H25N3O2/c17-14(20)12-10-1-2-11(16(10)5-6-16)13(12)15(21)19-9-3-7-18-8-4-9/h9-13,18H,1-8H2,(H2,17,20)(H,19,21). The molecular formula is C16H25N3O2. The van der Waals surface area contributed by atoms with Crippen molar-refractivity contribution >= 4 is 11.8 Å². The number of carbonyl (C=O) groups excluding carboxylic acids is 2. The molecule has 0 aromatic heterocycles. The van der Waals surface area contributed by atoms with Gasteiger partial charge in [-0.2, -0.15) is 0 Å². The predicted octanol–water partition coefficient (Wildman–Crippen LogP) is 0.392. The highest BCUT2D eigenvalue weighted by atomic mass is 16.2. The van der Waals surface area contributed by atoms with Gasteiger partial charge in [0.1, 0.15) is 0 Å². The highest BCUT2D eigenvalue weighted by Crippen LogP contribution is 2.74. The van der Waals surface area contributed by atoms with E-state index in [9.17, 15) is 9.59 Å². The fourth-order valence-corrected chi connectivity index (χ4v) is 5.65. The second-order valence-electron chi connectivity index (χ2n) is 7.51. The maximum atomic E-state index is 12.8. The van der Waals surface area contributed by atoms with Crippen LogP contribution in [0.2, 0.25) is 0 Å². The summed E-state index contributed by atoms with van der Waals surface area (Å²) in [6, 6.07) is 0.265. The number of amides is 2. The summed E-state index contributed by atoms with van der Waals surface area (Å²) in [7, 11) is 0. The van der Waals surface area contributed by atoms with E-state index < -0.39 is 0 Å². The van der Waals surface area contributed by atoms with E-state index in [1.165, 1.54) is 12.8 Å². The van der Waals surface area contributed by atoms with Crippen LogP contribution in [0.3, 0.4) is 0 Å². The van der Waals surface area contributed by atoms with E-state index in [1.807, 2.05) is 0 Å². The van der Waals surface area contributed by atoms with Crippen molar-refractivity contribution in [2.75, 3.05) is 13.1 Å². The summed E-state index contributed by atoms with van der Waals surface area (Å²) in [6.45, 7) is 1.93. The number of hydrogen-bond donors (Lipinski definition) is 3. The SMILES string of the molecule is NC(=O)C1C(C(=O)NC2CCNCC2)C2CCC1C21CC1. The predicted molar refractivity (Wildman–Crippen MR) is 78.1 cm³/mol. The molecule has 1 spiro atoms. The Morgan fingerprint density at radius 2 is 1.62 bits per heavy atom. The highest BCUT2D eigenvalue weighted by Gasteiger charge is 2.71. The lowest BCUT2D eigenvalue weighted by molar-refractivity contribution is -0.136. The van der Waals surface area contributed by atoms with Crippen LogP contribution in [0, 0.1) is 29.1 Å². The molecule has 0 radical (unpaired) electrons. The van der Waals surface area contributed by atoms with E-state index >= 15 is 0 Å². The molecule has 1 saturated heterocycles. The van der Waals surface area contributed by atoms with Gasteiger partial charge in [0.15, 0.2) is 0 Å². The van der Waals surface area contributed by atoms with E-state index in [2.05, 4.69) is 10.6 Å². The number of piperidine rings is 1. The van der Waals surface area contributed by atoms with Gasteiger partial charge in [-0.1, -0.05) is 0 Å². The third-order valence-corrected chi connectivity index (χ3v) is 6.66. The lowest BCUT2D eigenvalue weighted by atomic mass is 9.78. The molecule has 4 aliphatic rings. The van der Waals surface area contributed by atoms with E-state index in [0.717, 1.165) is 38.8 Å². The van der Waals surface area contributed by atoms with Crippen LogP contribution >= 0.6 is 0 Å². The largest absolute Gasteiger partial charge is 0.369 e. The highest BCUT2D eigenvalue weighted by molar-refractivity contribution is 5.89. The zero-order valence-electron chi connectivity index (χ0n) is 12.4. The van der Waals surface area contributed by atoms with Crippen LogP contribution in [0.15, 0.2) is 0 Å². The first kappa shape index (κ1) is 13.6. The summed E-state index contributed by atoms with van der Waals surface area (Å²) in [5, 5.41) is 6.52. The molecule has 1 aliphatic heterocycles. The van der Waals surface area contributed by atoms with Crippen LogP contribution in [0.1, 0.15) is 38.5 Å².